The summed E-state index contributed by atoms with van der Waals surface area (Å²) < 4.78 is 13.6. The van der Waals surface area contributed by atoms with Crippen LogP contribution in [0.3, 0.4) is 0 Å². The van der Waals surface area contributed by atoms with Gasteiger partial charge in [-0.3, -0.25) is 19.3 Å². The number of carbonyl (C=O) groups excluding carboxylic acids is 1. The molecule has 170 valence electrons. The van der Waals surface area contributed by atoms with Crippen LogP contribution >= 0.6 is 0 Å². The first-order chi connectivity index (χ1) is 16.0. The molecule has 5 heterocycles. The fraction of sp³-hybridized carbons (Fsp3) is 0.348. The van der Waals surface area contributed by atoms with Gasteiger partial charge in [-0.1, -0.05) is 0 Å². The molecule has 0 aliphatic carbocycles. The zero-order valence-electron chi connectivity index (χ0n) is 18.3. The highest BCUT2D eigenvalue weighted by molar-refractivity contribution is 5.95. The average molecular weight is 449 g/mol. The minimum absolute atomic E-state index is 0.00926. The van der Waals surface area contributed by atoms with Crippen LogP contribution in [0.2, 0.25) is 0 Å². The Kier molecular flexibility index (Phi) is 5.29. The lowest BCUT2D eigenvalue weighted by atomic mass is 10.1. The number of aryl methyl sites for hydroxylation is 1. The lowest BCUT2D eigenvalue weighted by Crippen LogP contribution is -2.26. The lowest BCUT2D eigenvalue weighted by Gasteiger charge is -2.12. The van der Waals surface area contributed by atoms with Crippen molar-refractivity contribution in [2.24, 2.45) is 0 Å². The van der Waals surface area contributed by atoms with Gasteiger partial charge in [-0.2, -0.15) is 5.10 Å². The van der Waals surface area contributed by atoms with E-state index in [1.54, 1.807) is 42.8 Å². The van der Waals surface area contributed by atoms with Gasteiger partial charge < -0.3 is 14.0 Å². The normalized spacial score (nSPS) is 16.0. The maximum Gasteiger partial charge on any atom is 0.343 e. The highest BCUT2D eigenvalue weighted by Gasteiger charge is 2.22. The predicted octanol–water partition coefficient (Wildman–Crippen LogP) is 2.09. The standard InChI is InChI=1S/C23H23N5O5/c1-3-32-23(31)19-13(2)25-26-20(19)28-9-7-18-16(22(28)30)11-15-17(24-18)6-8-27(21(15)29)12-14-5-4-10-33-14/h6-9,11,14H,3-5,10,12H2,1-2H3,(H,25,26)/t14-/m1/s1. The summed E-state index contributed by atoms with van der Waals surface area (Å²) >= 11 is 0. The minimum Gasteiger partial charge on any atom is -0.462 e. The predicted molar refractivity (Wildman–Crippen MR) is 121 cm³/mol. The second-order valence-electron chi connectivity index (χ2n) is 8.02. The van der Waals surface area contributed by atoms with E-state index in [9.17, 15) is 14.4 Å². The van der Waals surface area contributed by atoms with Crippen molar-refractivity contribution in [2.45, 2.75) is 39.3 Å². The number of carbonyl (C=O) groups is 1. The van der Waals surface area contributed by atoms with Gasteiger partial charge in [0.2, 0.25) is 0 Å². The molecule has 1 atom stereocenters. The molecule has 0 saturated carbocycles. The summed E-state index contributed by atoms with van der Waals surface area (Å²) in [5, 5.41) is 7.49. The van der Waals surface area contributed by atoms with Gasteiger partial charge in [0.05, 0.1) is 41.1 Å². The molecule has 4 aromatic heterocycles. The minimum atomic E-state index is -0.570. The van der Waals surface area contributed by atoms with Crippen LogP contribution in [0, 0.1) is 6.92 Å². The van der Waals surface area contributed by atoms with Gasteiger partial charge in [0.1, 0.15) is 5.56 Å². The lowest BCUT2D eigenvalue weighted by molar-refractivity contribution is 0.0525. The third kappa shape index (κ3) is 3.62. The molecule has 0 aromatic carbocycles. The first-order valence-corrected chi connectivity index (χ1v) is 10.9. The quantitative estimate of drug-likeness (QED) is 0.366. The molecule has 0 unspecified atom stereocenters. The summed E-state index contributed by atoms with van der Waals surface area (Å²) in [6.07, 6.45) is 5.14. The first-order valence-electron chi connectivity index (χ1n) is 10.9. The summed E-state index contributed by atoms with van der Waals surface area (Å²) in [5.41, 5.74) is 0.971. The number of nitrogens with zero attached hydrogens (tertiary/aromatic N) is 4. The van der Waals surface area contributed by atoms with Crippen LogP contribution in [-0.2, 0) is 16.0 Å². The summed E-state index contributed by atoms with van der Waals surface area (Å²) in [6, 6.07) is 4.99. The molecule has 5 rings (SSSR count). The number of aromatic nitrogens is 5. The summed E-state index contributed by atoms with van der Waals surface area (Å²) in [5.74, 6) is -0.429. The van der Waals surface area contributed by atoms with E-state index in [-0.39, 0.29) is 35.0 Å². The molecule has 4 aromatic rings. The number of hydrogen-bond acceptors (Lipinski definition) is 7. The number of H-pyrrole nitrogens is 1. The zero-order valence-corrected chi connectivity index (χ0v) is 18.3. The monoisotopic (exact) mass is 449 g/mol. The van der Waals surface area contributed by atoms with E-state index < -0.39 is 11.5 Å². The molecule has 1 N–H and O–H groups in total. The maximum atomic E-state index is 13.4. The molecule has 0 spiro atoms. The Balaban J connectivity index is 1.65. The highest BCUT2D eigenvalue weighted by Crippen LogP contribution is 2.19. The molecule has 1 aliphatic rings. The van der Waals surface area contributed by atoms with Gasteiger partial charge in [-0.15, -0.1) is 0 Å². The molecule has 1 fully saturated rings. The van der Waals surface area contributed by atoms with E-state index in [1.165, 1.54) is 10.8 Å². The molecule has 0 radical (unpaired) electrons. The highest BCUT2D eigenvalue weighted by atomic mass is 16.5. The van der Waals surface area contributed by atoms with E-state index in [2.05, 4.69) is 15.2 Å². The van der Waals surface area contributed by atoms with Crippen molar-refractivity contribution in [1.82, 2.24) is 24.3 Å². The van der Waals surface area contributed by atoms with Crippen molar-refractivity contribution in [3.05, 3.63) is 62.6 Å². The van der Waals surface area contributed by atoms with Crippen LogP contribution in [0.5, 0.6) is 0 Å². The van der Waals surface area contributed by atoms with Crippen LogP contribution in [0.25, 0.3) is 27.6 Å². The van der Waals surface area contributed by atoms with Crippen molar-refractivity contribution in [2.75, 3.05) is 13.2 Å². The Bertz CT molecular complexity index is 1490. The molecular formula is C23H23N5O5. The number of esters is 1. The molecule has 33 heavy (non-hydrogen) atoms. The van der Waals surface area contributed by atoms with Crippen molar-refractivity contribution in [3.8, 4) is 5.82 Å². The third-order valence-corrected chi connectivity index (χ3v) is 5.88. The van der Waals surface area contributed by atoms with Gasteiger partial charge in [0, 0.05) is 24.7 Å². The number of pyridine rings is 3. The largest absolute Gasteiger partial charge is 0.462 e. The Morgan fingerprint density at radius 3 is 2.70 bits per heavy atom. The van der Waals surface area contributed by atoms with Crippen LogP contribution in [-0.4, -0.2) is 49.6 Å². The van der Waals surface area contributed by atoms with Crippen LogP contribution in [0.1, 0.15) is 35.8 Å². The van der Waals surface area contributed by atoms with Crippen molar-refractivity contribution < 1.29 is 14.3 Å². The molecular weight excluding hydrogens is 426 g/mol. The van der Waals surface area contributed by atoms with E-state index in [1.807, 2.05) is 0 Å². The third-order valence-electron chi connectivity index (χ3n) is 5.88. The van der Waals surface area contributed by atoms with E-state index in [4.69, 9.17) is 9.47 Å². The van der Waals surface area contributed by atoms with E-state index >= 15 is 0 Å². The molecule has 1 saturated heterocycles. The average Bonchev–Trinajstić information content (AvgIpc) is 3.45. The SMILES string of the molecule is CCOC(=O)c1c(-n2ccc3nc4ccn(C[C@H]5CCCO5)c(=O)c4cc3c2=O)n[nH]c1C. The fourth-order valence-corrected chi connectivity index (χ4v) is 4.22. The molecule has 0 bridgehead atoms. The topological polar surface area (TPSA) is 121 Å². The molecule has 10 nitrogen and oxygen atoms in total. The first kappa shape index (κ1) is 21.1. The smallest absolute Gasteiger partial charge is 0.343 e. The number of fused-ring (bicyclic) bond motifs is 2. The zero-order chi connectivity index (χ0) is 23.1. The molecule has 1 aliphatic heterocycles. The Labute approximate surface area is 187 Å². The maximum absolute atomic E-state index is 13.4. The summed E-state index contributed by atoms with van der Waals surface area (Å²) in [6.45, 7) is 4.75. The molecule has 10 heteroatoms. The Morgan fingerprint density at radius 1 is 1.21 bits per heavy atom. The second-order valence-corrected chi connectivity index (χ2v) is 8.02. The van der Waals surface area contributed by atoms with Crippen LogP contribution < -0.4 is 11.1 Å². The molecule has 0 amide bonds. The number of hydrogen-bond donors (Lipinski definition) is 1. The van der Waals surface area contributed by atoms with Gasteiger partial charge in [-0.25, -0.2) is 9.78 Å². The van der Waals surface area contributed by atoms with E-state index in [0.717, 1.165) is 12.8 Å². The van der Waals surface area contributed by atoms with Crippen molar-refractivity contribution >= 4 is 27.8 Å². The van der Waals surface area contributed by atoms with Crippen LogP contribution in [0.4, 0.5) is 0 Å². The van der Waals surface area contributed by atoms with Crippen molar-refractivity contribution in [3.63, 3.8) is 0 Å². The second kappa shape index (κ2) is 8.28. The summed E-state index contributed by atoms with van der Waals surface area (Å²) in [7, 11) is 0. The Hall–Kier alpha value is -3.79. The summed E-state index contributed by atoms with van der Waals surface area (Å²) in [4.78, 5) is 43.5. The van der Waals surface area contributed by atoms with Crippen LogP contribution in [0.15, 0.2) is 40.2 Å². The number of nitrogens with one attached hydrogen (secondary N) is 1. The van der Waals surface area contributed by atoms with Crippen molar-refractivity contribution in [1.29, 1.82) is 0 Å². The van der Waals surface area contributed by atoms with E-state index in [0.29, 0.717) is 35.3 Å². The van der Waals surface area contributed by atoms with Gasteiger partial charge >= 0.3 is 5.97 Å². The van der Waals surface area contributed by atoms with Gasteiger partial charge in [0.15, 0.2) is 5.82 Å². The Morgan fingerprint density at radius 2 is 1.97 bits per heavy atom. The fourth-order valence-electron chi connectivity index (χ4n) is 4.22. The number of ether oxygens (including phenoxy) is 2. The van der Waals surface area contributed by atoms with Gasteiger partial charge in [0.25, 0.3) is 11.1 Å². The van der Waals surface area contributed by atoms with Gasteiger partial charge in [-0.05, 0) is 44.9 Å². The number of rotatable bonds is 5. The number of aromatic amines is 1.